The van der Waals surface area contributed by atoms with Crippen molar-refractivity contribution < 1.29 is 9.84 Å². The largest absolute Gasteiger partial charge is 0.490 e. The third-order valence-corrected chi connectivity index (χ3v) is 5.91. The molecule has 22 heavy (non-hydrogen) atoms. The topological polar surface area (TPSA) is 29.5 Å². The van der Waals surface area contributed by atoms with Crippen LogP contribution in [0.1, 0.15) is 49.7 Å². The lowest BCUT2D eigenvalue weighted by molar-refractivity contribution is 0.201. The Bertz CT molecular complexity index is 597. The normalized spacial score (nSPS) is 25.9. The monoisotopic (exact) mass is 340 g/mol. The van der Waals surface area contributed by atoms with Crippen molar-refractivity contribution in [2.75, 3.05) is 13.2 Å². The lowest BCUT2D eigenvalue weighted by Crippen LogP contribution is -2.27. The zero-order valence-corrected chi connectivity index (χ0v) is 14.4. The van der Waals surface area contributed by atoms with Gasteiger partial charge in [0.25, 0.3) is 0 Å². The van der Waals surface area contributed by atoms with Gasteiger partial charge in [0.15, 0.2) is 0 Å². The van der Waals surface area contributed by atoms with Crippen molar-refractivity contribution in [2.24, 2.45) is 5.41 Å². The van der Waals surface area contributed by atoms with Crippen LogP contribution in [-0.2, 0) is 6.42 Å². The first-order valence-corrected chi connectivity index (χ1v) is 8.79. The molecule has 0 heterocycles. The van der Waals surface area contributed by atoms with Crippen molar-refractivity contribution in [2.45, 2.75) is 44.9 Å². The highest BCUT2D eigenvalue weighted by atomic mass is 35.5. The molecule has 120 valence electrons. The van der Waals surface area contributed by atoms with Gasteiger partial charge in [-0.05, 0) is 48.3 Å². The van der Waals surface area contributed by atoms with Gasteiger partial charge in [0.1, 0.15) is 17.4 Å². The molecule has 2 aliphatic rings. The molecule has 4 heteroatoms. The van der Waals surface area contributed by atoms with Gasteiger partial charge in [0.2, 0.25) is 0 Å². The minimum atomic E-state index is -0.0316. The molecular formula is C18H22Cl2O2. The fourth-order valence-corrected chi connectivity index (χ4v) is 4.76. The van der Waals surface area contributed by atoms with Crippen LogP contribution < -0.4 is 4.74 Å². The third kappa shape index (κ3) is 2.55. The van der Waals surface area contributed by atoms with Gasteiger partial charge >= 0.3 is 0 Å². The highest BCUT2D eigenvalue weighted by molar-refractivity contribution is 6.43. The van der Waals surface area contributed by atoms with Crippen LogP contribution in [0.5, 0.6) is 5.75 Å². The van der Waals surface area contributed by atoms with Crippen LogP contribution in [0, 0.1) is 5.41 Å². The average Bonchev–Trinajstić information content (AvgIpc) is 2.83. The standard InChI is InChI=1S/C18H22Cl2O2/c1-2-6-18-7-4-3-5-13(18)15-12(11-18)10-14(22-9-8-21)16(19)17(15)20/h3,5,10,13,21H,2,4,6-9,11H2,1H3. The molecule has 0 aromatic heterocycles. The molecule has 2 aliphatic carbocycles. The van der Waals surface area contributed by atoms with Crippen molar-refractivity contribution in [3.8, 4) is 5.75 Å². The minimum Gasteiger partial charge on any atom is -0.490 e. The van der Waals surface area contributed by atoms with Gasteiger partial charge in [-0.15, -0.1) is 0 Å². The molecule has 0 aliphatic heterocycles. The second-order valence-corrected chi connectivity index (χ2v) is 7.14. The number of halogens is 2. The van der Waals surface area contributed by atoms with Crippen molar-refractivity contribution in [3.63, 3.8) is 0 Å². The Kier molecular flexibility index (Phi) is 4.72. The summed E-state index contributed by atoms with van der Waals surface area (Å²) >= 11 is 13.0. The number of aliphatic hydroxyl groups is 1. The summed E-state index contributed by atoms with van der Waals surface area (Å²) in [6.07, 6.45) is 10.4. The van der Waals surface area contributed by atoms with E-state index in [0.717, 1.165) is 12.8 Å². The van der Waals surface area contributed by atoms with E-state index in [4.69, 9.17) is 33.0 Å². The van der Waals surface area contributed by atoms with Crippen LogP contribution in [0.2, 0.25) is 10.0 Å². The highest BCUT2D eigenvalue weighted by Crippen LogP contribution is 2.59. The molecule has 1 aromatic rings. The summed E-state index contributed by atoms with van der Waals surface area (Å²) in [6.45, 7) is 2.45. The Morgan fingerprint density at radius 1 is 1.36 bits per heavy atom. The molecule has 2 nitrogen and oxygen atoms in total. The Morgan fingerprint density at radius 3 is 2.91 bits per heavy atom. The molecule has 1 aromatic carbocycles. The van der Waals surface area contributed by atoms with Crippen LogP contribution in [0.4, 0.5) is 0 Å². The molecule has 2 atom stereocenters. The fourth-order valence-electron chi connectivity index (χ4n) is 4.22. The zero-order valence-electron chi connectivity index (χ0n) is 12.9. The molecule has 1 N–H and O–H groups in total. The van der Waals surface area contributed by atoms with Crippen molar-refractivity contribution in [1.82, 2.24) is 0 Å². The number of ether oxygens (including phenoxy) is 1. The molecule has 0 saturated heterocycles. The molecule has 0 radical (unpaired) electrons. The van der Waals surface area contributed by atoms with E-state index in [9.17, 15) is 0 Å². The summed E-state index contributed by atoms with van der Waals surface area (Å²) in [5.74, 6) is 0.960. The van der Waals surface area contributed by atoms with Crippen molar-refractivity contribution >= 4 is 23.2 Å². The number of hydrogen-bond acceptors (Lipinski definition) is 2. The van der Waals surface area contributed by atoms with Crippen LogP contribution in [-0.4, -0.2) is 18.3 Å². The molecule has 0 bridgehead atoms. The Hall–Kier alpha value is -0.700. The Labute approximate surface area is 142 Å². The van der Waals surface area contributed by atoms with Gasteiger partial charge in [-0.1, -0.05) is 48.7 Å². The number of hydrogen-bond donors (Lipinski definition) is 1. The summed E-state index contributed by atoms with van der Waals surface area (Å²) in [4.78, 5) is 0. The van der Waals surface area contributed by atoms with E-state index >= 15 is 0 Å². The summed E-state index contributed by atoms with van der Waals surface area (Å²) in [7, 11) is 0. The quantitative estimate of drug-likeness (QED) is 0.752. The summed E-state index contributed by atoms with van der Waals surface area (Å²) < 4.78 is 5.55. The smallest absolute Gasteiger partial charge is 0.139 e. The zero-order chi connectivity index (χ0) is 15.7. The molecule has 2 unspecified atom stereocenters. The maximum absolute atomic E-state index is 8.95. The van der Waals surface area contributed by atoms with E-state index in [1.54, 1.807) is 0 Å². The van der Waals surface area contributed by atoms with E-state index in [1.807, 2.05) is 6.07 Å². The fraction of sp³-hybridized carbons (Fsp3) is 0.556. The SMILES string of the molecule is CCCC12CCC=CC1c1c(cc(OCCO)c(Cl)c1Cl)C2. The maximum atomic E-state index is 8.95. The first-order valence-electron chi connectivity index (χ1n) is 8.04. The second-order valence-electron chi connectivity index (χ2n) is 6.38. The van der Waals surface area contributed by atoms with E-state index < -0.39 is 0 Å². The number of allylic oxidation sites excluding steroid dienone is 2. The number of rotatable bonds is 5. The average molecular weight is 341 g/mol. The van der Waals surface area contributed by atoms with Gasteiger partial charge in [-0.3, -0.25) is 0 Å². The Morgan fingerprint density at radius 2 is 2.18 bits per heavy atom. The number of benzene rings is 1. The lowest BCUT2D eigenvalue weighted by Gasteiger charge is -2.37. The van der Waals surface area contributed by atoms with Crippen LogP contribution in [0.25, 0.3) is 0 Å². The predicted octanol–water partition coefficient (Wildman–Crippen LogP) is 5.14. The third-order valence-electron chi connectivity index (χ3n) is 5.04. The van der Waals surface area contributed by atoms with Crippen molar-refractivity contribution in [3.05, 3.63) is 39.4 Å². The summed E-state index contributed by atoms with van der Waals surface area (Å²) in [5.41, 5.74) is 2.73. The highest BCUT2D eigenvalue weighted by Gasteiger charge is 2.46. The minimum absolute atomic E-state index is 0.0316. The molecule has 0 fully saturated rings. The Balaban J connectivity index is 2.05. The summed E-state index contributed by atoms with van der Waals surface area (Å²) in [5, 5.41) is 10.0. The van der Waals surface area contributed by atoms with E-state index in [0.29, 0.717) is 21.7 Å². The predicted molar refractivity (Wildman–Crippen MR) is 91.2 cm³/mol. The summed E-state index contributed by atoms with van der Waals surface area (Å²) in [6, 6.07) is 2.03. The van der Waals surface area contributed by atoms with Crippen LogP contribution in [0.3, 0.4) is 0 Å². The van der Waals surface area contributed by atoms with Crippen LogP contribution in [0.15, 0.2) is 18.2 Å². The van der Waals surface area contributed by atoms with Gasteiger partial charge in [0, 0.05) is 5.92 Å². The number of fused-ring (bicyclic) bond motifs is 3. The van der Waals surface area contributed by atoms with Gasteiger partial charge < -0.3 is 9.84 Å². The molecule has 0 saturated carbocycles. The van der Waals surface area contributed by atoms with E-state index in [-0.39, 0.29) is 18.6 Å². The first-order chi connectivity index (χ1) is 10.6. The van der Waals surface area contributed by atoms with Crippen LogP contribution >= 0.6 is 23.2 Å². The van der Waals surface area contributed by atoms with Gasteiger partial charge in [-0.2, -0.15) is 0 Å². The van der Waals surface area contributed by atoms with Gasteiger partial charge in [-0.25, -0.2) is 0 Å². The molecular weight excluding hydrogens is 319 g/mol. The van der Waals surface area contributed by atoms with Crippen molar-refractivity contribution in [1.29, 1.82) is 0 Å². The molecule has 3 rings (SSSR count). The maximum Gasteiger partial charge on any atom is 0.139 e. The van der Waals surface area contributed by atoms with E-state index in [1.165, 1.54) is 30.4 Å². The second kappa shape index (κ2) is 6.43. The molecule has 0 amide bonds. The molecule has 0 spiro atoms. The van der Waals surface area contributed by atoms with Gasteiger partial charge in [0.05, 0.1) is 11.6 Å². The first kappa shape index (κ1) is 16.2. The lowest BCUT2D eigenvalue weighted by atomic mass is 9.67. The van der Waals surface area contributed by atoms with E-state index in [2.05, 4.69) is 19.1 Å². The number of aliphatic hydroxyl groups excluding tert-OH is 1.